The van der Waals surface area contributed by atoms with E-state index in [0.717, 1.165) is 36.4 Å². The Labute approximate surface area is 240 Å². The van der Waals surface area contributed by atoms with Crippen molar-refractivity contribution in [2.45, 2.75) is 59.6 Å². The Bertz CT molecular complexity index is 1470. The van der Waals surface area contributed by atoms with Gasteiger partial charge in [-0.2, -0.15) is 26.3 Å². The molecule has 0 aromatic heterocycles. The summed E-state index contributed by atoms with van der Waals surface area (Å²) in [5.74, 6) is -0.720. The normalized spacial score (nSPS) is 20.4. The molecule has 3 aromatic rings. The Morgan fingerprint density at radius 1 is 0.878 bits per heavy atom. The quantitative estimate of drug-likeness (QED) is 0.210. The SMILES string of the molecule is O=S(=O)(c1ccc(F)cc1)[C@@]1(c2ccc(C(OCc3c(Cl)cccc3Cl)(C(F)(F)F)C(F)(F)F)cc2)CC[C@H](O)C1. The molecule has 0 radical (unpaired) electrons. The van der Waals surface area contributed by atoms with Crippen molar-refractivity contribution in [3.05, 3.63) is 99.3 Å². The molecule has 0 amide bonds. The van der Waals surface area contributed by atoms with Gasteiger partial charge in [0.1, 0.15) is 10.6 Å². The summed E-state index contributed by atoms with van der Waals surface area (Å²) in [5, 5.41) is 9.82. The average molecular weight is 645 g/mol. The zero-order valence-corrected chi connectivity index (χ0v) is 23.1. The highest BCUT2D eigenvalue weighted by Gasteiger charge is 2.73. The van der Waals surface area contributed by atoms with Crippen LogP contribution in [0.1, 0.15) is 36.0 Å². The fourth-order valence-corrected chi connectivity index (χ4v) is 7.78. The largest absolute Gasteiger partial charge is 0.430 e. The summed E-state index contributed by atoms with van der Waals surface area (Å²) in [6.45, 7) is -1.26. The van der Waals surface area contributed by atoms with Gasteiger partial charge in [0, 0.05) is 21.2 Å². The Morgan fingerprint density at radius 2 is 1.41 bits per heavy atom. The van der Waals surface area contributed by atoms with E-state index >= 15 is 0 Å². The van der Waals surface area contributed by atoms with Gasteiger partial charge in [-0.05, 0) is 61.2 Å². The van der Waals surface area contributed by atoms with Crippen LogP contribution in [-0.2, 0) is 31.5 Å². The van der Waals surface area contributed by atoms with E-state index in [1.807, 2.05) is 0 Å². The number of aliphatic hydroxyl groups excluding tert-OH is 1. The van der Waals surface area contributed by atoms with Crippen LogP contribution in [0.25, 0.3) is 0 Å². The molecule has 4 nitrogen and oxygen atoms in total. The van der Waals surface area contributed by atoms with Crippen LogP contribution in [0.3, 0.4) is 0 Å². The van der Waals surface area contributed by atoms with Crippen LogP contribution >= 0.6 is 23.2 Å². The third-order valence-corrected chi connectivity index (χ3v) is 10.4. The number of hydrogen-bond donors (Lipinski definition) is 1. The number of rotatable bonds is 7. The summed E-state index contributed by atoms with van der Waals surface area (Å²) >= 11 is 11.9. The molecule has 0 saturated heterocycles. The fourth-order valence-electron chi connectivity index (χ4n) is 5.08. The van der Waals surface area contributed by atoms with Crippen LogP contribution in [-0.4, -0.2) is 32.0 Å². The number of benzene rings is 3. The van der Waals surface area contributed by atoms with Gasteiger partial charge < -0.3 is 9.84 Å². The van der Waals surface area contributed by atoms with Gasteiger partial charge in [0.2, 0.25) is 0 Å². The van der Waals surface area contributed by atoms with Gasteiger partial charge in [-0.3, -0.25) is 0 Å². The third kappa shape index (κ3) is 5.45. The smallest absolute Gasteiger partial charge is 0.393 e. The maximum atomic E-state index is 14.4. The van der Waals surface area contributed by atoms with Crippen molar-refractivity contribution in [3.8, 4) is 0 Å². The third-order valence-electron chi connectivity index (χ3n) is 7.20. The minimum Gasteiger partial charge on any atom is -0.393 e. The second-order valence-corrected chi connectivity index (χ2v) is 12.7. The molecule has 1 aliphatic carbocycles. The van der Waals surface area contributed by atoms with E-state index in [1.54, 1.807) is 0 Å². The molecule has 0 unspecified atom stereocenters. The van der Waals surface area contributed by atoms with Gasteiger partial charge >= 0.3 is 12.4 Å². The minimum absolute atomic E-state index is 0.00107. The molecule has 41 heavy (non-hydrogen) atoms. The average Bonchev–Trinajstić information content (AvgIpc) is 3.28. The second kappa shape index (κ2) is 11.0. The molecule has 1 saturated carbocycles. The van der Waals surface area contributed by atoms with Crippen molar-refractivity contribution in [1.29, 1.82) is 0 Å². The van der Waals surface area contributed by atoms with E-state index in [0.29, 0.717) is 12.1 Å². The zero-order valence-electron chi connectivity index (χ0n) is 20.7. The van der Waals surface area contributed by atoms with Crippen molar-refractivity contribution in [2.75, 3.05) is 0 Å². The topological polar surface area (TPSA) is 63.6 Å². The van der Waals surface area contributed by atoms with Gasteiger partial charge in [-0.15, -0.1) is 0 Å². The van der Waals surface area contributed by atoms with Crippen molar-refractivity contribution in [1.82, 2.24) is 0 Å². The van der Waals surface area contributed by atoms with E-state index in [-0.39, 0.29) is 45.3 Å². The van der Waals surface area contributed by atoms with E-state index in [1.165, 1.54) is 18.2 Å². The molecular weight excluding hydrogens is 624 g/mol. The Kier molecular flexibility index (Phi) is 8.49. The van der Waals surface area contributed by atoms with Crippen LogP contribution in [0.2, 0.25) is 10.0 Å². The second-order valence-electron chi connectivity index (χ2n) is 9.59. The molecule has 222 valence electrons. The number of aliphatic hydroxyl groups is 1. The lowest BCUT2D eigenvalue weighted by Gasteiger charge is -2.38. The van der Waals surface area contributed by atoms with Crippen molar-refractivity contribution < 1.29 is 49.0 Å². The lowest BCUT2D eigenvalue weighted by Crippen LogP contribution is -2.55. The van der Waals surface area contributed by atoms with E-state index in [9.17, 15) is 44.3 Å². The lowest BCUT2D eigenvalue weighted by molar-refractivity contribution is -0.392. The van der Waals surface area contributed by atoms with Gasteiger partial charge in [0.25, 0.3) is 5.60 Å². The first kappa shape index (κ1) is 31.6. The summed E-state index contributed by atoms with van der Waals surface area (Å²) in [5.41, 5.74) is -6.64. The summed E-state index contributed by atoms with van der Waals surface area (Å²) in [6.07, 6.45) is -13.7. The summed E-state index contributed by atoms with van der Waals surface area (Å²) in [7, 11) is -4.40. The zero-order chi connectivity index (χ0) is 30.4. The highest BCUT2D eigenvalue weighted by atomic mass is 35.5. The van der Waals surface area contributed by atoms with Crippen LogP contribution < -0.4 is 0 Å². The molecule has 0 heterocycles. The summed E-state index contributed by atoms with van der Waals surface area (Å²) in [4.78, 5) is -0.322. The van der Waals surface area contributed by atoms with Crippen LogP contribution in [0.15, 0.2) is 71.6 Å². The molecule has 2 atom stereocenters. The molecule has 0 aliphatic heterocycles. The van der Waals surface area contributed by atoms with E-state index in [4.69, 9.17) is 23.2 Å². The molecule has 4 rings (SSSR count). The summed E-state index contributed by atoms with van der Waals surface area (Å²) in [6, 6.07) is 10.3. The maximum Gasteiger partial charge on any atom is 0.430 e. The highest BCUT2D eigenvalue weighted by molar-refractivity contribution is 7.92. The van der Waals surface area contributed by atoms with Gasteiger partial charge in [0.15, 0.2) is 9.84 Å². The number of ether oxygens (including phenoxy) is 1. The summed E-state index contributed by atoms with van der Waals surface area (Å²) < 4.78 is 130. The van der Waals surface area contributed by atoms with E-state index < -0.39 is 56.6 Å². The Morgan fingerprint density at radius 3 is 1.88 bits per heavy atom. The predicted octanol–water partition coefficient (Wildman–Crippen LogP) is 7.88. The first-order valence-electron chi connectivity index (χ1n) is 12.0. The van der Waals surface area contributed by atoms with Gasteiger partial charge in [0.05, 0.1) is 17.6 Å². The standard InChI is InChI=1S/C27H21Cl2F7O4S/c28-22-2-1-3-23(29)21(22)15-40-25(26(31,32)33,27(34,35)36)17-6-4-16(5-7-17)24(13-12-19(37)14-24)41(38,39)20-10-8-18(30)9-11-20/h1-11,19,37H,12-15H2/t19-,24-/m0/s1. The fraction of sp³-hybridized carbons (Fsp3) is 0.333. The Hall–Kier alpha value is -2.38. The number of sulfone groups is 1. The first-order valence-corrected chi connectivity index (χ1v) is 14.2. The van der Waals surface area contributed by atoms with Crippen LogP contribution in [0, 0.1) is 5.82 Å². The van der Waals surface area contributed by atoms with Crippen LogP contribution in [0.4, 0.5) is 30.7 Å². The van der Waals surface area contributed by atoms with Crippen LogP contribution in [0.5, 0.6) is 0 Å². The molecule has 0 spiro atoms. The number of halogens is 9. The molecular formula is C27H21Cl2F7O4S. The van der Waals surface area contributed by atoms with Crippen molar-refractivity contribution in [3.63, 3.8) is 0 Å². The van der Waals surface area contributed by atoms with Crippen molar-refractivity contribution in [2.24, 2.45) is 0 Å². The lowest BCUT2D eigenvalue weighted by atomic mass is 9.88. The molecule has 3 aromatic carbocycles. The highest BCUT2D eigenvalue weighted by Crippen LogP contribution is 2.55. The molecule has 0 bridgehead atoms. The molecule has 1 fully saturated rings. The van der Waals surface area contributed by atoms with Gasteiger partial charge in [-0.1, -0.05) is 53.5 Å². The maximum absolute atomic E-state index is 14.4. The minimum atomic E-state index is -6.03. The molecule has 1 aliphatic rings. The number of alkyl halides is 6. The number of hydrogen-bond acceptors (Lipinski definition) is 4. The molecule has 1 N–H and O–H groups in total. The first-order chi connectivity index (χ1) is 19.0. The molecule has 14 heteroatoms. The Balaban J connectivity index is 1.83. The van der Waals surface area contributed by atoms with Gasteiger partial charge in [-0.25, -0.2) is 12.8 Å². The predicted molar refractivity (Wildman–Crippen MR) is 137 cm³/mol. The van der Waals surface area contributed by atoms with Crippen molar-refractivity contribution >= 4 is 33.0 Å². The monoisotopic (exact) mass is 644 g/mol. The van der Waals surface area contributed by atoms with E-state index in [2.05, 4.69) is 4.74 Å².